The van der Waals surface area contributed by atoms with Crippen molar-refractivity contribution in [1.82, 2.24) is 10.2 Å². The van der Waals surface area contributed by atoms with Gasteiger partial charge in [0.05, 0.1) is 6.42 Å². The molecule has 0 aromatic carbocycles. The third kappa shape index (κ3) is 4.11. The minimum Gasteiger partial charge on any atom is -0.481 e. The van der Waals surface area contributed by atoms with Crippen LogP contribution >= 0.6 is 0 Å². The highest BCUT2D eigenvalue weighted by molar-refractivity contribution is 5.76. The second kappa shape index (κ2) is 6.26. The number of likely N-dealkylation sites (tertiary alicyclic amines) is 1. The van der Waals surface area contributed by atoms with E-state index in [9.17, 15) is 9.59 Å². The Labute approximate surface area is 114 Å². The molecule has 19 heavy (non-hydrogen) atoms. The Balaban J connectivity index is 1.84. The van der Waals surface area contributed by atoms with Crippen LogP contribution in [-0.2, 0) is 4.79 Å². The smallest absolute Gasteiger partial charge is 0.317 e. The number of carboxylic acid groups (broad SMARTS) is 1. The van der Waals surface area contributed by atoms with E-state index in [0.29, 0.717) is 6.54 Å². The van der Waals surface area contributed by atoms with Crippen LogP contribution in [0.3, 0.4) is 0 Å². The summed E-state index contributed by atoms with van der Waals surface area (Å²) in [5, 5.41) is 11.9. The second-order valence-electron chi connectivity index (χ2n) is 5.82. The Bertz CT molecular complexity index is 342. The zero-order valence-electron chi connectivity index (χ0n) is 11.6. The molecule has 2 unspecified atom stereocenters. The largest absolute Gasteiger partial charge is 0.481 e. The van der Waals surface area contributed by atoms with Crippen molar-refractivity contribution >= 4 is 12.0 Å². The van der Waals surface area contributed by atoms with Gasteiger partial charge in [-0.1, -0.05) is 19.8 Å². The van der Waals surface area contributed by atoms with Crippen molar-refractivity contribution in [2.75, 3.05) is 6.54 Å². The van der Waals surface area contributed by atoms with E-state index < -0.39 is 5.97 Å². The van der Waals surface area contributed by atoms with Crippen LogP contribution in [0.1, 0.15) is 51.9 Å². The molecule has 0 spiro atoms. The SMILES string of the molecule is CCC(CC1CC1)NC(=O)N1CCCC1CC(=O)O. The molecule has 0 radical (unpaired) electrons. The number of carbonyl (C=O) groups excluding carboxylic acids is 1. The number of hydrogen-bond donors (Lipinski definition) is 2. The van der Waals surface area contributed by atoms with Gasteiger partial charge in [0.1, 0.15) is 0 Å². The molecular formula is C14H24N2O3. The maximum Gasteiger partial charge on any atom is 0.317 e. The summed E-state index contributed by atoms with van der Waals surface area (Å²) in [7, 11) is 0. The number of carboxylic acids is 1. The first kappa shape index (κ1) is 14.2. The van der Waals surface area contributed by atoms with E-state index >= 15 is 0 Å². The zero-order valence-corrected chi connectivity index (χ0v) is 11.6. The Morgan fingerprint density at radius 3 is 2.68 bits per heavy atom. The monoisotopic (exact) mass is 268 g/mol. The van der Waals surface area contributed by atoms with Crippen molar-refractivity contribution in [2.45, 2.75) is 64.0 Å². The number of aliphatic carboxylic acids is 1. The fraction of sp³-hybridized carbons (Fsp3) is 0.857. The molecule has 2 fully saturated rings. The molecule has 1 saturated heterocycles. The highest BCUT2D eigenvalue weighted by Crippen LogP contribution is 2.34. The van der Waals surface area contributed by atoms with Crippen LogP contribution in [0.5, 0.6) is 0 Å². The van der Waals surface area contributed by atoms with Crippen LogP contribution in [0.2, 0.25) is 0 Å². The molecule has 2 N–H and O–H groups in total. The molecule has 0 bridgehead atoms. The van der Waals surface area contributed by atoms with E-state index in [1.165, 1.54) is 12.8 Å². The van der Waals surface area contributed by atoms with Crippen LogP contribution in [0.25, 0.3) is 0 Å². The summed E-state index contributed by atoms with van der Waals surface area (Å²) in [4.78, 5) is 24.7. The molecule has 2 amide bonds. The van der Waals surface area contributed by atoms with Gasteiger partial charge in [-0.15, -0.1) is 0 Å². The van der Waals surface area contributed by atoms with Crippen molar-refractivity contribution in [3.63, 3.8) is 0 Å². The summed E-state index contributed by atoms with van der Waals surface area (Å²) in [6.07, 6.45) is 6.37. The van der Waals surface area contributed by atoms with Crippen molar-refractivity contribution < 1.29 is 14.7 Å². The number of nitrogens with one attached hydrogen (secondary N) is 1. The molecule has 1 saturated carbocycles. The van der Waals surface area contributed by atoms with Gasteiger partial charge >= 0.3 is 12.0 Å². The van der Waals surface area contributed by atoms with Gasteiger partial charge in [0, 0.05) is 18.6 Å². The molecule has 1 heterocycles. The summed E-state index contributed by atoms with van der Waals surface area (Å²) in [5.74, 6) is -0.0339. The minimum atomic E-state index is -0.824. The molecule has 2 atom stereocenters. The van der Waals surface area contributed by atoms with E-state index in [0.717, 1.165) is 31.6 Å². The predicted octanol–water partition coefficient (Wildman–Crippen LogP) is 2.21. The van der Waals surface area contributed by atoms with Gasteiger partial charge in [-0.25, -0.2) is 4.79 Å². The van der Waals surface area contributed by atoms with Gasteiger partial charge in [-0.05, 0) is 31.6 Å². The lowest BCUT2D eigenvalue weighted by Crippen LogP contribution is -2.47. The molecule has 2 rings (SSSR count). The Morgan fingerprint density at radius 2 is 2.11 bits per heavy atom. The predicted molar refractivity (Wildman–Crippen MR) is 71.9 cm³/mol. The van der Waals surface area contributed by atoms with Crippen molar-refractivity contribution in [1.29, 1.82) is 0 Å². The molecule has 5 heteroatoms. The van der Waals surface area contributed by atoms with Crippen LogP contribution in [0, 0.1) is 5.92 Å². The molecule has 1 aliphatic heterocycles. The highest BCUT2D eigenvalue weighted by Gasteiger charge is 2.32. The number of hydrogen-bond acceptors (Lipinski definition) is 2. The lowest BCUT2D eigenvalue weighted by atomic mass is 10.1. The summed E-state index contributed by atoms with van der Waals surface area (Å²) < 4.78 is 0. The molecule has 0 aromatic heterocycles. The Morgan fingerprint density at radius 1 is 1.37 bits per heavy atom. The Hall–Kier alpha value is -1.26. The van der Waals surface area contributed by atoms with Crippen molar-refractivity contribution in [3.8, 4) is 0 Å². The summed E-state index contributed by atoms with van der Waals surface area (Å²) in [6.45, 7) is 2.77. The standard InChI is InChI=1S/C14H24N2O3/c1-2-11(8-10-5-6-10)15-14(19)16-7-3-4-12(16)9-13(17)18/h10-12H,2-9H2,1H3,(H,15,19)(H,17,18). The summed E-state index contributed by atoms with van der Waals surface area (Å²) in [5.41, 5.74) is 0. The van der Waals surface area contributed by atoms with Crippen molar-refractivity contribution in [3.05, 3.63) is 0 Å². The second-order valence-corrected chi connectivity index (χ2v) is 5.82. The van der Waals surface area contributed by atoms with E-state index in [1.54, 1.807) is 4.90 Å². The fourth-order valence-corrected chi connectivity index (χ4v) is 2.86. The van der Waals surface area contributed by atoms with E-state index in [-0.39, 0.29) is 24.5 Å². The number of urea groups is 1. The molecular weight excluding hydrogens is 244 g/mol. The third-order valence-corrected chi connectivity index (χ3v) is 4.18. The molecule has 108 valence electrons. The first-order valence-corrected chi connectivity index (χ1v) is 7.39. The van der Waals surface area contributed by atoms with Crippen molar-refractivity contribution in [2.24, 2.45) is 5.92 Å². The fourth-order valence-electron chi connectivity index (χ4n) is 2.86. The number of carbonyl (C=O) groups is 2. The van der Waals surface area contributed by atoms with E-state index in [2.05, 4.69) is 12.2 Å². The average Bonchev–Trinajstić information content (AvgIpc) is 3.05. The van der Waals surface area contributed by atoms with Gasteiger partial charge in [-0.3, -0.25) is 4.79 Å². The van der Waals surface area contributed by atoms with Gasteiger partial charge in [0.25, 0.3) is 0 Å². The minimum absolute atomic E-state index is 0.0623. The first-order valence-electron chi connectivity index (χ1n) is 7.39. The first-order chi connectivity index (χ1) is 9.10. The van der Waals surface area contributed by atoms with Crippen LogP contribution in [0.15, 0.2) is 0 Å². The number of nitrogens with zero attached hydrogens (tertiary/aromatic N) is 1. The maximum atomic E-state index is 12.2. The van der Waals surface area contributed by atoms with Crippen LogP contribution in [0.4, 0.5) is 4.79 Å². The quantitative estimate of drug-likeness (QED) is 0.776. The summed E-state index contributed by atoms with van der Waals surface area (Å²) in [6, 6.07) is 0.0401. The molecule has 2 aliphatic rings. The molecule has 5 nitrogen and oxygen atoms in total. The highest BCUT2D eigenvalue weighted by atomic mass is 16.4. The molecule has 1 aliphatic carbocycles. The lowest BCUT2D eigenvalue weighted by molar-refractivity contribution is -0.137. The topological polar surface area (TPSA) is 69.6 Å². The normalized spacial score (nSPS) is 24.3. The van der Waals surface area contributed by atoms with Gasteiger partial charge in [0.2, 0.25) is 0 Å². The zero-order chi connectivity index (χ0) is 13.8. The Kier molecular flexibility index (Phi) is 4.66. The lowest BCUT2D eigenvalue weighted by Gasteiger charge is -2.27. The van der Waals surface area contributed by atoms with Gasteiger partial charge in [-0.2, -0.15) is 0 Å². The average molecular weight is 268 g/mol. The van der Waals surface area contributed by atoms with Gasteiger partial charge < -0.3 is 15.3 Å². The van der Waals surface area contributed by atoms with Gasteiger partial charge in [0.15, 0.2) is 0 Å². The van der Waals surface area contributed by atoms with Crippen LogP contribution < -0.4 is 5.32 Å². The maximum absolute atomic E-state index is 12.2. The van der Waals surface area contributed by atoms with E-state index in [4.69, 9.17) is 5.11 Å². The number of rotatable bonds is 6. The van der Waals surface area contributed by atoms with Crippen LogP contribution in [-0.4, -0.2) is 40.6 Å². The third-order valence-electron chi connectivity index (χ3n) is 4.18. The summed E-state index contributed by atoms with van der Waals surface area (Å²) >= 11 is 0. The number of amides is 2. The molecule has 0 aromatic rings. The van der Waals surface area contributed by atoms with E-state index in [1.807, 2.05) is 0 Å².